The van der Waals surface area contributed by atoms with E-state index in [0.717, 1.165) is 29.7 Å². The molecule has 3 rings (SSSR count). The number of nitrogens with one attached hydrogen (secondary N) is 1. The monoisotopic (exact) mass is 327 g/mol. The van der Waals surface area contributed by atoms with E-state index in [2.05, 4.69) is 17.4 Å². The van der Waals surface area contributed by atoms with E-state index in [0.29, 0.717) is 6.54 Å². The van der Waals surface area contributed by atoms with Crippen LogP contribution in [-0.2, 0) is 24.2 Å². The summed E-state index contributed by atoms with van der Waals surface area (Å²) in [6.45, 7) is 0.700. The van der Waals surface area contributed by atoms with Gasteiger partial charge in [-0.3, -0.25) is 4.79 Å². The molecule has 0 fully saturated rings. The Kier molecular flexibility index (Phi) is 5.36. The van der Waals surface area contributed by atoms with Crippen LogP contribution >= 0.6 is 11.8 Å². The Bertz CT molecular complexity index is 669. The van der Waals surface area contributed by atoms with Crippen molar-refractivity contribution in [3.05, 3.63) is 70.8 Å². The fraction of sp³-hybridized carbons (Fsp3) is 0.316. The van der Waals surface area contributed by atoms with E-state index in [-0.39, 0.29) is 17.8 Å². The van der Waals surface area contributed by atoms with Crippen molar-refractivity contribution in [2.75, 3.05) is 12.3 Å². The number of rotatable bonds is 5. The highest BCUT2D eigenvalue weighted by atomic mass is 32.2. The van der Waals surface area contributed by atoms with Crippen LogP contribution < -0.4 is 5.32 Å². The maximum Gasteiger partial charge on any atom is 0.237 e. The predicted molar refractivity (Wildman–Crippen MR) is 94.4 cm³/mol. The molecule has 2 N–H and O–H groups in total. The van der Waals surface area contributed by atoms with Crippen LogP contribution in [0, 0.1) is 0 Å². The smallest absolute Gasteiger partial charge is 0.237 e. The molecule has 0 saturated carbocycles. The minimum absolute atomic E-state index is 0.0648. The standard InChI is InChI=1S/C19H21NO2S/c21-13-15-7-5-14(6-8-15)9-11-20-19(22)18-17-4-2-1-3-16(17)10-12-23-18/h1-8,18,21H,9-13H2,(H,20,22). The summed E-state index contributed by atoms with van der Waals surface area (Å²) in [5, 5.41) is 12.0. The molecule has 2 aromatic carbocycles. The van der Waals surface area contributed by atoms with Gasteiger partial charge in [0.1, 0.15) is 5.25 Å². The SMILES string of the molecule is O=C(NCCc1ccc(CO)cc1)C1SCCc2ccccc21. The minimum Gasteiger partial charge on any atom is -0.392 e. The third kappa shape index (κ3) is 3.95. The third-order valence-corrected chi connectivity index (χ3v) is 5.39. The Labute approximate surface area is 141 Å². The molecule has 1 amide bonds. The Morgan fingerprint density at radius 1 is 1.13 bits per heavy atom. The zero-order valence-electron chi connectivity index (χ0n) is 13.0. The molecule has 0 radical (unpaired) electrons. The molecule has 4 heteroatoms. The van der Waals surface area contributed by atoms with Crippen molar-refractivity contribution >= 4 is 17.7 Å². The van der Waals surface area contributed by atoms with Crippen molar-refractivity contribution in [2.24, 2.45) is 0 Å². The molecule has 2 aromatic rings. The average molecular weight is 327 g/mol. The van der Waals surface area contributed by atoms with Crippen LogP contribution in [0.1, 0.15) is 27.5 Å². The molecule has 0 saturated heterocycles. The number of aryl methyl sites for hydroxylation is 1. The molecule has 1 unspecified atom stereocenters. The van der Waals surface area contributed by atoms with E-state index in [1.165, 1.54) is 11.1 Å². The lowest BCUT2D eigenvalue weighted by molar-refractivity contribution is -0.120. The summed E-state index contributed by atoms with van der Waals surface area (Å²) in [7, 11) is 0. The number of thioether (sulfide) groups is 1. The van der Waals surface area contributed by atoms with E-state index < -0.39 is 0 Å². The average Bonchev–Trinajstić information content (AvgIpc) is 2.61. The van der Waals surface area contributed by atoms with Gasteiger partial charge >= 0.3 is 0 Å². The number of carbonyl (C=O) groups is 1. The Hall–Kier alpha value is -1.78. The summed E-state index contributed by atoms with van der Waals surface area (Å²) >= 11 is 1.73. The highest BCUT2D eigenvalue weighted by Gasteiger charge is 2.26. The molecule has 1 aliphatic heterocycles. The quantitative estimate of drug-likeness (QED) is 0.888. The summed E-state index contributed by atoms with van der Waals surface area (Å²) in [6, 6.07) is 16.1. The molecule has 0 aliphatic carbocycles. The van der Waals surface area contributed by atoms with Gasteiger partial charge < -0.3 is 10.4 Å². The number of benzene rings is 2. The number of fused-ring (bicyclic) bond motifs is 1. The van der Waals surface area contributed by atoms with Gasteiger partial charge in [-0.05, 0) is 40.8 Å². The van der Waals surface area contributed by atoms with Gasteiger partial charge in [0.15, 0.2) is 0 Å². The number of carbonyl (C=O) groups excluding carboxylic acids is 1. The van der Waals surface area contributed by atoms with Crippen LogP contribution in [0.2, 0.25) is 0 Å². The molecule has 0 spiro atoms. The number of hydrogen-bond acceptors (Lipinski definition) is 3. The molecule has 0 bridgehead atoms. The first-order chi connectivity index (χ1) is 11.3. The van der Waals surface area contributed by atoms with E-state index in [9.17, 15) is 4.79 Å². The van der Waals surface area contributed by atoms with Crippen molar-refractivity contribution in [3.63, 3.8) is 0 Å². The Morgan fingerprint density at radius 3 is 2.65 bits per heavy atom. The Morgan fingerprint density at radius 2 is 1.87 bits per heavy atom. The first kappa shape index (κ1) is 16.1. The second-order valence-electron chi connectivity index (χ2n) is 5.72. The summed E-state index contributed by atoms with van der Waals surface area (Å²) in [5.74, 6) is 1.10. The van der Waals surface area contributed by atoms with Crippen LogP contribution in [0.3, 0.4) is 0 Å². The fourth-order valence-electron chi connectivity index (χ4n) is 2.85. The van der Waals surface area contributed by atoms with Gasteiger partial charge in [0, 0.05) is 6.54 Å². The second kappa shape index (κ2) is 7.66. The van der Waals surface area contributed by atoms with Crippen molar-refractivity contribution in [2.45, 2.75) is 24.7 Å². The topological polar surface area (TPSA) is 49.3 Å². The zero-order chi connectivity index (χ0) is 16.1. The van der Waals surface area contributed by atoms with Gasteiger partial charge in [0.25, 0.3) is 0 Å². The highest BCUT2D eigenvalue weighted by Crippen LogP contribution is 2.36. The molecule has 3 nitrogen and oxygen atoms in total. The third-order valence-electron chi connectivity index (χ3n) is 4.15. The molecule has 0 aromatic heterocycles. The lowest BCUT2D eigenvalue weighted by Crippen LogP contribution is -2.31. The molecule has 1 atom stereocenters. The van der Waals surface area contributed by atoms with Gasteiger partial charge in [-0.2, -0.15) is 0 Å². The number of aliphatic hydroxyl groups excluding tert-OH is 1. The molecular formula is C19H21NO2S. The van der Waals surface area contributed by atoms with Crippen molar-refractivity contribution < 1.29 is 9.90 Å². The number of amides is 1. The summed E-state index contributed by atoms with van der Waals surface area (Å²) in [6.07, 6.45) is 1.85. The number of hydrogen-bond donors (Lipinski definition) is 2. The van der Waals surface area contributed by atoms with Crippen LogP contribution in [0.4, 0.5) is 0 Å². The van der Waals surface area contributed by atoms with E-state index >= 15 is 0 Å². The van der Waals surface area contributed by atoms with Crippen LogP contribution in [-0.4, -0.2) is 23.3 Å². The fourth-order valence-corrected chi connectivity index (χ4v) is 4.06. The maximum atomic E-state index is 12.5. The second-order valence-corrected chi connectivity index (χ2v) is 6.93. The van der Waals surface area contributed by atoms with Gasteiger partial charge in [-0.15, -0.1) is 11.8 Å². The molecule has 23 heavy (non-hydrogen) atoms. The lowest BCUT2D eigenvalue weighted by atomic mass is 10.0. The summed E-state index contributed by atoms with van der Waals surface area (Å²) < 4.78 is 0. The van der Waals surface area contributed by atoms with Crippen molar-refractivity contribution in [1.29, 1.82) is 0 Å². The highest BCUT2D eigenvalue weighted by molar-refractivity contribution is 8.00. The normalized spacial score (nSPS) is 16.7. The van der Waals surface area contributed by atoms with Gasteiger partial charge in [-0.25, -0.2) is 0 Å². The van der Waals surface area contributed by atoms with E-state index in [4.69, 9.17) is 5.11 Å². The lowest BCUT2D eigenvalue weighted by Gasteiger charge is -2.24. The van der Waals surface area contributed by atoms with E-state index in [1.54, 1.807) is 11.8 Å². The van der Waals surface area contributed by atoms with Crippen LogP contribution in [0.5, 0.6) is 0 Å². The Balaban J connectivity index is 1.55. The van der Waals surface area contributed by atoms with Crippen LogP contribution in [0.15, 0.2) is 48.5 Å². The predicted octanol–water partition coefficient (Wildman–Crippen LogP) is 2.87. The minimum atomic E-state index is -0.0864. The summed E-state index contributed by atoms with van der Waals surface area (Å²) in [4.78, 5) is 12.5. The zero-order valence-corrected chi connectivity index (χ0v) is 13.8. The first-order valence-corrected chi connectivity index (χ1v) is 8.98. The molecular weight excluding hydrogens is 306 g/mol. The largest absolute Gasteiger partial charge is 0.392 e. The van der Waals surface area contributed by atoms with Gasteiger partial charge in [-0.1, -0.05) is 48.5 Å². The van der Waals surface area contributed by atoms with E-state index in [1.807, 2.05) is 36.4 Å². The van der Waals surface area contributed by atoms with Gasteiger partial charge in [0.2, 0.25) is 5.91 Å². The number of aliphatic hydroxyl groups is 1. The molecule has 1 heterocycles. The van der Waals surface area contributed by atoms with Crippen molar-refractivity contribution in [1.82, 2.24) is 5.32 Å². The first-order valence-electron chi connectivity index (χ1n) is 7.94. The van der Waals surface area contributed by atoms with Gasteiger partial charge in [0.05, 0.1) is 6.61 Å². The van der Waals surface area contributed by atoms with Crippen molar-refractivity contribution in [3.8, 4) is 0 Å². The maximum absolute atomic E-state index is 12.5. The molecule has 120 valence electrons. The summed E-state index contributed by atoms with van der Waals surface area (Å²) in [5.41, 5.74) is 4.53. The van der Waals surface area contributed by atoms with Crippen LogP contribution in [0.25, 0.3) is 0 Å². The molecule has 1 aliphatic rings.